The molecule has 118 valence electrons. The number of aliphatic hydroxyl groups is 1. The number of nitrogens with zero attached hydrogens (tertiary/aromatic N) is 2. The van der Waals surface area contributed by atoms with Crippen LogP contribution in [-0.2, 0) is 6.54 Å². The van der Waals surface area contributed by atoms with Crippen molar-refractivity contribution in [3.8, 4) is 0 Å². The van der Waals surface area contributed by atoms with Crippen molar-refractivity contribution in [3.63, 3.8) is 0 Å². The van der Waals surface area contributed by atoms with Gasteiger partial charge in [-0.05, 0) is 18.8 Å². The maximum atomic E-state index is 12.1. The predicted molar refractivity (Wildman–Crippen MR) is 83.6 cm³/mol. The third-order valence-corrected chi connectivity index (χ3v) is 4.86. The lowest BCUT2D eigenvalue weighted by Crippen LogP contribution is -2.52. The second-order valence-electron chi connectivity index (χ2n) is 5.76. The van der Waals surface area contributed by atoms with Gasteiger partial charge in [-0.25, -0.2) is 4.68 Å². The summed E-state index contributed by atoms with van der Waals surface area (Å²) in [4.78, 5) is 12.1. The van der Waals surface area contributed by atoms with E-state index in [4.69, 9.17) is 22.4 Å². The first kappa shape index (κ1) is 16.3. The van der Waals surface area contributed by atoms with Gasteiger partial charge in [0, 0.05) is 6.54 Å². The van der Waals surface area contributed by atoms with Crippen molar-refractivity contribution in [3.05, 3.63) is 21.6 Å². The average molecular weight is 315 g/mol. The van der Waals surface area contributed by atoms with E-state index in [1.165, 1.54) is 12.6 Å². The molecule has 2 unspecified atom stereocenters. The van der Waals surface area contributed by atoms with Gasteiger partial charge in [-0.2, -0.15) is 5.10 Å². The molecule has 1 heterocycles. The van der Waals surface area contributed by atoms with E-state index >= 15 is 0 Å². The summed E-state index contributed by atoms with van der Waals surface area (Å²) in [6, 6.07) is 0. The van der Waals surface area contributed by atoms with Crippen LogP contribution in [0.1, 0.15) is 32.6 Å². The molecule has 2 atom stereocenters. The summed E-state index contributed by atoms with van der Waals surface area (Å²) in [5.41, 5.74) is 5.89. The Kier molecular flexibility index (Phi) is 5.24. The number of rotatable bonds is 5. The molecule has 0 aromatic carbocycles. The van der Waals surface area contributed by atoms with E-state index in [2.05, 4.69) is 17.3 Å². The minimum atomic E-state index is -0.397. The maximum absolute atomic E-state index is 12.1. The fourth-order valence-corrected chi connectivity index (χ4v) is 3.22. The first-order valence-electron chi connectivity index (χ1n) is 7.39. The summed E-state index contributed by atoms with van der Waals surface area (Å²) >= 11 is 6.16. The number of nitrogens with one attached hydrogen (secondary N) is 1. The van der Waals surface area contributed by atoms with E-state index in [0.717, 1.165) is 23.9 Å². The molecule has 0 aliphatic heterocycles. The normalized spacial score (nSPS) is 25.8. The molecule has 1 aromatic rings. The Balaban J connectivity index is 2.30. The molecule has 7 heteroatoms. The van der Waals surface area contributed by atoms with Crippen LogP contribution in [0.2, 0.25) is 5.02 Å². The monoisotopic (exact) mass is 314 g/mol. The molecule has 0 radical (unpaired) electrons. The van der Waals surface area contributed by atoms with Crippen LogP contribution in [0.5, 0.6) is 0 Å². The van der Waals surface area contributed by atoms with Crippen LogP contribution in [0, 0.1) is 5.92 Å². The first-order valence-corrected chi connectivity index (χ1v) is 7.76. The Bertz CT molecular complexity index is 548. The molecule has 0 amide bonds. The first-order chi connectivity index (χ1) is 10.0. The molecule has 1 aliphatic rings. The summed E-state index contributed by atoms with van der Waals surface area (Å²) in [5, 5.41) is 16.4. The van der Waals surface area contributed by atoms with Gasteiger partial charge >= 0.3 is 0 Å². The topological polar surface area (TPSA) is 93.2 Å². The molecule has 1 aliphatic carbocycles. The van der Waals surface area contributed by atoms with Crippen molar-refractivity contribution in [2.45, 2.75) is 44.7 Å². The van der Waals surface area contributed by atoms with E-state index in [1.54, 1.807) is 0 Å². The van der Waals surface area contributed by atoms with Gasteiger partial charge in [-0.3, -0.25) is 4.79 Å². The van der Waals surface area contributed by atoms with Crippen LogP contribution in [-0.4, -0.2) is 33.6 Å². The van der Waals surface area contributed by atoms with E-state index in [9.17, 15) is 4.79 Å². The van der Waals surface area contributed by atoms with Gasteiger partial charge in [0.25, 0.3) is 5.56 Å². The van der Waals surface area contributed by atoms with Crippen LogP contribution >= 0.6 is 11.6 Å². The lowest BCUT2D eigenvalue weighted by molar-refractivity contribution is 0.235. The molecule has 0 bridgehead atoms. The summed E-state index contributed by atoms with van der Waals surface area (Å²) in [6.07, 6.45) is 5.92. The molecule has 0 spiro atoms. The van der Waals surface area contributed by atoms with Gasteiger partial charge in [0.2, 0.25) is 0 Å². The summed E-state index contributed by atoms with van der Waals surface area (Å²) in [5.74, 6) is 0.409. The summed E-state index contributed by atoms with van der Waals surface area (Å²) in [6.45, 7) is 2.65. The molecule has 4 N–H and O–H groups in total. The highest BCUT2D eigenvalue weighted by molar-refractivity contribution is 6.32. The molecule has 1 aromatic heterocycles. The van der Waals surface area contributed by atoms with Gasteiger partial charge in [0.1, 0.15) is 5.02 Å². The Labute approximate surface area is 129 Å². The second kappa shape index (κ2) is 6.77. The Morgan fingerprint density at radius 3 is 3.00 bits per heavy atom. The van der Waals surface area contributed by atoms with Gasteiger partial charge in [-0.15, -0.1) is 0 Å². The minimum Gasteiger partial charge on any atom is -0.394 e. The van der Waals surface area contributed by atoms with E-state index in [1.807, 2.05) is 0 Å². The van der Waals surface area contributed by atoms with Crippen molar-refractivity contribution < 1.29 is 5.11 Å². The largest absolute Gasteiger partial charge is 0.394 e. The van der Waals surface area contributed by atoms with Crippen molar-refractivity contribution in [2.24, 2.45) is 11.7 Å². The van der Waals surface area contributed by atoms with Crippen LogP contribution in [0.4, 0.5) is 5.69 Å². The van der Waals surface area contributed by atoms with E-state index in [-0.39, 0.29) is 23.7 Å². The van der Waals surface area contributed by atoms with Gasteiger partial charge in [0.05, 0.1) is 30.6 Å². The number of aromatic nitrogens is 2. The molecule has 6 nitrogen and oxygen atoms in total. The van der Waals surface area contributed by atoms with Crippen molar-refractivity contribution >= 4 is 17.3 Å². The van der Waals surface area contributed by atoms with Crippen LogP contribution in [0.3, 0.4) is 0 Å². The van der Waals surface area contributed by atoms with Crippen molar-refractivity contribution in [2.75, 3.05) is 18.5 Å². The standard InChI is InChI=1S/C14H23ClN4O2/c1-10-4-2-3-5-14(10,9-16)18-11-8-17-19(6-7-20)13(21)12(11)15/h8,10,18,20H,2-7,9,16H2,1H3. The van der Waals surface area contributed by atoms with Crippen LogP contribution in [0.25, 0.3) is 0 Å². The zero-order chi connectivity index (χ0) is 15.5. The number of halogens is 1. The second-order valence-corrected chi connectivity index (χ2v) is 6.13. The van der Waals surface area contributed by atoms with Gasteiger partial charge < -0.3 is 16.2 Å². The third-order valence-electron chi connectivity index (χ3n) is 4.50. The highest BCUT2D eigenvalue weighted by atomic mass is 35.5. The van der Waals surface area contributed by atoms with Crippen LogP contribution in [0.15, 0.2) is 11.0 Å². The van der Waals surface area contributed by atoms with Crippen molar-refractivity contribution in [1.82, 2.24) is 9.78 Å². The summed E-state index contributed by atoms with van der Waals surface area (Å²) in [7, 11) is 0. The highest BCUT2D eigenvalue weighted by Crippen LogP contribution is 2.36. The quantitative estimate of drug-likeness (QED) is 0.759. The third kappa shape index (κ3) is 3.22. The molecule has 2 rings (SSSR count). The van der Waals surface area contributed by atoms with Crippen LogP contribution < -0.4 is 16.6 Å². The Morgan fingerprint density at radius 1 is 1.62 bits per heavy atom. The minimum absolute atomic E-state index is 0.101. The number of anilines is 1. The fraction of sp³-hybridized carbons (Fsp3) is 0.714. The highest BCUT2D eigenvalue weighted by Gasteiger charge is 2.37. The summed E-state index contributed by atoms with van der Waals surface area (Å²) < 4.78 is 1.16. The molecule has 21 heavy (non-hydrogen) atoms. The number of hydrogen-bond acceptors (Lipinski definition) is 5. The predicted octanol–water partition coefficient (Wildman–Crippen LogP) is 1.21. The maximum Gasteiger partial charge on any atom is 0.287 e. The zero-order valence-electron chi connectivity index (χ0n) is 12.3. The van der Waals surface area contributed by atoms with Gasteiger partial charge in [0.15, 0.2) is 0 Å². The Hall–Kier alpha value is -1.11. The average Bonchev–Trinajstić information content (AvgIpc) is 2.49. The molecule has 1 fully saturated rings. The SMILES string of the molecule is CC1CCCCC1(CN)Nc1cnn(CCO)c(=O)c1Cl. The lowest BCUT2D eigenvalue weighted by atomic mass is 9.73. The number of hydrogen-bond donors (Lipinski definition) is 3. The fourth-order valence-electron chi connectivity index (χ4n) is 3.03. The van der Waals surface area contributed by atoms with E-state index in [0.29, 0.717) is 18.2 Å². The molecular formula is C14H23ClN4O2. The Morgan fingerprint density at radius 2 is 2.38 bits per heavy atom. The molecule has 0 saturated heterocycles. The van der Waals surface area contributed by atoms with Crippen molar-refractivity contribution in [1.29, 1.82) is 0 Å². The van der Waals surface area contributed by atoms with Gasteiger partial charge in [-0.1, -0.05) is 31.4 Å². The van der Waals surface area contributed by atoms with E-state index < -0.39 is 5.56 Å². The smallest absolute Gasteiger partial charge is 0.287 e. The lowest BCUT2D eigenvalue weighted by Gasteiger charge is -2.43. The number of aliphatic hydroxyl groups excluding tert-OH is 1. The zero-order valence-corrected chi connectivity index (χ0v) is 13.1. The molecular weight excluding hydrogens is 292 g/mol. The number of nitrogens with two attached hydrogens (primary N) is 1. The molecule has 1 saturated carbocycles.